The molecule has 0 aromatic heterocycles. The molecule has 0 saturated heterocycles. The Hall–Kier alpha value is -0.730. The van der Waals surface area contributed by atoms with Crippen LogP contribution in [0.3, 0.4) is 0 Å². The van der Waals surface area contributed by atoms with Crippen LogP contribution in [0.25, 0.3) is 0 Å². The van der Waals surface area contributed by atoms with Crippen LogP contribution in [0.15, 0.2) is 5.11 Å². The minimum atomic E-state index is 0.291. The molecule has 0 heterocycles. The predicted molar refractivity (Wildman–Crippen MR) is 37.2 cm³/mol. The molecule has 9 heavy (non-hydrogen) atoms. The summed E-state index contributed by atoms with van der Waals surface area (Å²) in [5, 5.41) is 10.4. The van der Waals surface area contributed by atoms with E-state index in [1.165, 1.54) is 0 Å². The second kappa shape index (κ2) is 4.18. The topological polar surface area (TPSA) is 60.1 Å². The van der Waals surface area contributed by atoms with Crippen molar-refractivity contribution in [1.82, 2.24) is 0 Å². The van der Waals surface area contributed by atoms with Gasteiger partial charge in [0.25, 0.3) is 0 Å². The molecule has 52 valence electrons. The van der Waals surface area contributed by atoms with Crippen LogP contribution in [0.5, 0.6) is 0 Å². The summed E-state index contributed by atoms with van der Waals surface area (Å²) in [6, 6.07) is 0. The molecule has 0 rings (SSSR count). The fourth-order valence-electron chi connectivity index (χ4n) is 0.475. The first-order valence-corrected chi connectivity index (χ1v) is 3.06. The van der Waals surface area contributed by atoms with Crippen LogP contribution in [0.1, 0.15) is 20.3 Å². The number of nitrogens with one attached hydrogen (secondary N) is 2. The maximum absolute atomic E-state index is 7.18. The molecule has 3 nitrogen and oxygen atoms in total. The van der Waals surface area contributed by atoms with Crippen LogP contribution >= 0.6 is 0 Å². The van der Waals surface area contributed by atoms with E-state index in [0.717, 1.165) is 6.42 Å². The molecule has 0 aromatic rings. The molecule has 1 atom stereocenters. The highest BCUT2D eigenvalue weighted by atomic mass is 14.9. The lowest BCUT2D eigenvalue weighted by atomic mass is 10.0. The molecule has 0 amide bonds. The van der Waals surface area contributed by atoms with Crippen molar-refractivity contribution in [3.8, 4) is 0 Å². The van der Waals surface area contributed by atoms with E-state index in [4.69, 9.17) is 10.9 Å². The van der Waals surface area contributed by atoms with Crippen molar-refractivity contribution >= 4 is 5.71 Å². The van der Waals surface area contributed by atoms with Gasteiger partial charge in [-0.2, -0.15) is 5.11 Å². The minimum Gasteiger partial charge on any atom is -0.310 e. The van der Waals surface area contributed by atoms with Gasteiger partial charge >= 0.3 is 0 Å². The summed E-state index contributed by atoms with van der Waals surface area (Å²) < 4.78 is 0. The Morgan fingerprint density at radius 3 is 2.56 bits per heavy atom. The van der Waals surface area contributed by atoms with Gasteiger partial charge in [-0.3, -0.25) is 0 Å². The van der Waals surface area contributed by atoms with Crippen LogP contribution in [-0.4, -0.2) is 12.3 Å². The summed E-state index contributed by atoms with van der Waals surface area (Å²) in [5.74, 6) is 0.291. The Kier molecular flexibility index (Phi) is 3.84. The highest BCUT2D eigenvalue weighted by Crippen LogP contribution is 2.02. The first-order chi connectivity index (χ1) is 4.18. The zero-order chi connectivity index (χ0) is 7.28. The van der Waals surface area contributed by atoms with E-state index in [1.807, 2.05) is 6.92 Å². The third-order valence-electron chi connectivity index (χ3n) is 1.41. The van der Waals surface area contributed by atoms with E-state index < -0.39 is 0 Å². The van der Waals surface area contributed by atoms with E-state index in [-0.39, 0.29) is 0 Å². The molecule has 0 saturated carbocycles. The van der Waals surface area contributed by atoms with Gasteiger partial charge in [0.15, 0.2) is 0 Å². The van der Waals surface area contributed by atoms with Gasteiger partial charge in [0, 0.05) is 5.71 Å². The molecular weight excluding hydrogens is 114 g/mol. The van der Waals surface area contributed by atoms with E-state index >= 15 is 0 Å². The summed E-state index contributed by atoms with van der Waals surface area (Å²) in [7, 11) is 0. The minimum absolute atomic E-state index is 0.291. The smallest absolute Gasteiger partial charge is 0.0602 e. The van der Waals surface area contributed by atoms with Gasteiger partial charge in [0.1, 0.15) is 0 Å². The van der Waals surface area contributed by atoms with Crippen LogP contribution < -0.4 is 0 Å². The number of rotatable bonds is 4. The lowest BCUT2D eigenvalue weighted by Crippen LogP contribution is -2.06. The SMILES string of the molecule is CC(=N)C(C)CCN=N. The molecule has 2 N–H and O–H groups in total. The Labute approximate surface area is 55.5 Å². The van der Waals surface area contributed by atoms with Crippen LogP contribution in [0, 0.1) is 16.9 Å². The molecule has 0 aliphatic carbocycles. The van der Waals surface area contributed by atoms with Crippen molar-refractivity contribution in [3.63, 3.8) is 0 Å². The maximum Gasteiger partial charge on any atom is 0.0602 e. The van der Waals surface area contributed by atoms with Crippen molar-refractivity contribution in [2.24, 2.45) is 11.0 Å². The van der Waals surface area contributed by atoms with Gasteiger partial charge in [0.2, 0.25) is 0 Å². The zero-order valence-electron chi connectivity index (χ0n) is 5.94. The van der Waals surface area contributed by atoms with Crippen molar-refractivity contribution in [3.05, 3.63) is 0 Å². The molecule has 0 bridgehead atoms. The fraction of sp³-hybridized carbons (Fsp3) is 0.833. The summed E-state index contributed by atoms with van der Waals surface area (Å²) in [6.07, 6.45) is 0.832. The second-order valence-corrected chi connectivity index (χ2v) is 2.25. The van der Waals surface area contributed by atoms with Gasteiger partial charge in [0.05, 0.1) is 6.54 Å². The van der Waals surface area contributed by atoms with Gasteiger partial charge in [-0.15, -0.1) is 0 Å². The first-order valence-electron chi connectivity index (χ1n) is 3.06. The fourth-order valence-corrected chi connectivity index (χ4v) is 0.475. The molecule has 0 aliphatic heterocycles. The molecule has 0 aromatic carbocycles. The Morgan fingerprint density at radius 2 is 2.22 bits per heavy atom. The van der Waals surface area contributed by atoms with E-state index in [2.05, 4.69) is 5.11 Å². The first kappa shape index (κ1) is 8.27. The molecule has 0 aliphatic rings. The average molecular weight is 127 g/mol. The van der Waals surface area contributed by atoms with Crippen LogP contribution in [0.2, 0.25) is 0 Å². The van der Waals surface area contributed by atoms with Crippen molar-refractivity contribution in [2.45, 2.75) is 20.3 Å². The average Bonchev–Trinajstić information content (AvgIpc) is 1.82. The second-order valence-electron chi connectivity index (χ2n) is 2.25. The molecule has 0 spiro atoms. The molecule has 1 unspecified atom stereocenters. The Morgan fingerprint density at radius 1 is 1.67 bits per heavy atom. The largest absolute Gasteiger partial charge is 0.310 e. The van der Waals surface area contributed by atoms with E-state index in [0.29, 0.717) is 18.2 Å². The Balaban J connectivity index is 3.37. The lowest BCUT2D eigenvalue weighted by molar-refractivity contribution is 0.666. The molecule has 0 fully saturated rings. The van der Waals surface area contributed by atoms with Crippen LogP contribution in [-0.2, 0) is 0 Å². The van der Waals surface area contributed by atoms with Gasteiger partial charge in [-0.25, -0.2) is 5.53 Å². The van der Waals surface area contributed by atoms with Gasteiger partial charge < -0.3 is 5.41 Å². The summed E-state index contributed by atoms with van der Waals surface area (Å²) >= 11 is 0. The number of nitrogens with zero attached hydrogens (tertiary/aromatic N) is 1. The molecule has 0 radical (unpaired) electrons. The monoisotopic (exact) mass is 127 g/mol. The quantitative estimate of drug-likeness (QED) is 0.429. The van der Waals surface area contributed by atoms with Crippen molar-refractivity contribution < 1.29 is 0 Å². The van der Waals surface area contributed by atoms with E-state index in [9.17, 15) is 0 Å². The zero-order valence-corrected chi connectivity index (χ0v) is 5.94. The third kappa shape index (κ3) is 3.82. The summed E-state index contributed by atoms with van der Waals surface area (Å²) in [5.41, 5.74) is 7.17. The highest BCUT2D eigenvalue weighted by Gasteiger charge is 2.01. The normalized spacial score (nSPS) is 12.7. The third-order valence-corrected chi connectivity index (χ3v) is 1.41. The summed E-state index contributed by atoms with van der Waals surface area (Å²) in [4.78, 5) is 0. The number of hydrogen-bond acceptors (Lipinski definition) is 3. The maximum atomic E-state index is 7.18. The van der Waals surface area contributed by atoms with Crippen molar-refractivity contribution in [2.75, 3.05) is 6.54 Å². The van der Waals surface area contributed by atoms with Crippen LogP contribution in [0.4, 0.5) is 0 Å². The van der Waals surface area contributed by atoms with Gasteiger partial charge in [-0.1, -0.05) is 6.92 Å². The Bertz CT molecular complexity index is 109. The predicted octanol–water partition coefficient (Wildman–Crippen LogP) is 2.08. The molecular formula is C6H13N3. The highest BCUT2D eigenvalue weighted by molar-refractivity contribution is 5.80. The summed E-state index contributed by atoms with van der Waals surface area (Å²) in [6.45, 7) is 4.32. The van der Waals surface area contributed by atoms with Crippen molar-refractivity contribution in [1.29, 1.82) is 10.9 Å². The number of hydrogen-bond donors (Lipinski definition) is 2. The van der Waals surface area contributed by atoms with Gasteiger partial charge in [-0.05, 0) is 19.3 Å². The standard InChI is InChI=1S/C6H13N3/c1-5(6(2)7)3-4-9-8/h5,7-8H,3-4H2,1-2H3. The lowest BCUT2D eigenvalue weighted by Gasteiger charge is -2.04. The molecule has 3 heteroatoms. The van der Waals surface area contributed by atoms with E-state index in [1.54, 1.807) is 6.92 Å².